The number of rotatable bonds is 6. The van der Waals surface area contributed by atoms with E-state index in [1.54, 1.807) is 54.9 Å². The molecule has 0 atom stereocenters. The maximum atomic E-state index is 13.2. The van der Waals surface area contributed by atoms with E-state index < -0.39 is 15.8 Å². The summed E-state index contributed by atoms with van der Waals surface area (Å²) >= 11 is 6.29. The molecule has 4 rings (SSSR count). The highest BCUT2D eigenvalue weighted by atomic mass is 35.5. The number of nitrogens with zero attached hydrogens (tertiary/aromatic N) is 4. The first kappa shape index (κ1) is 21.8. The Morgan fingerprint density at radius 2 is 1.72 bits per heavy atom. The molecule has 164 valence electrons. The number of para-hydroxylation sites is 1. The van der Waals surface area contributed by atoms with Gasteiger partial charge in [-0.25, -0.2) is 13.1 Å². The number of sulfonamides is 1. The fourth-order valence-corrected chi connectivity index (χ4v) is 4.75. The Hall–Kier alpha value is -3.40. The van der Waals surface area contributed by atoms with Gasteiger partial charge in [-0.3, -0.25) is 4.98 Å². The molecule has 0 fully saturated rings. The Morgan fingerprint density at radius 1 is 1.00 bits per heavy atom. The van der Waals surface area contributed by atoms with Gasteiger partial charge in [0, 0.05) is 37.6 Å². The third-order valence-electron chi connectivity index (χ3n) is 4.92. The average Bonchev–Trinajstić information content (AvgIpc) is 3.24. The van der Waals surface area contributed by atoms with Crippen LogP contribution in [0, 0.1) is 0 Å². The fraction of sp³-hybridized carbons (Fsp3) is 0.0909. The molecule has 2 aromatic carbocycles. The molecule has 4 aromatic rings. The molecule has 8 nitrogen and oxygen atoms in total. The minimum absolute atomic E-state index is 0.0814. The van der Waals surface area contributed by atoms with Gasteiger partial charge in [0.25, 0.3) is 0 Å². The van der Waals surface area contributed by atoms with Crippen molar-refractivity contribution < 1.29 is 18.6 Å². The van der Waals surface area contributed by atoms with Crippen LogP contribution in [0.4, 0.5) is 0 Å². The number of phenolic OH excluding ortho intramolecular Hbond substituents is 2. The molecule has 0 bridgehead atoms. The molecule has 0 saturated carbocycles. The van der Waals surface area contributed by atoms with E-state index in [1.807, 2.05) is 0 Å². The van der Waals surface area contributed by atoms with Crippen molar-refractivity contribution in [3.05, 3.63) is 83.8 Å². The van der Waals surface area contributed by atoms with E-state index in [4.69, 9.17) is 11.6 Å². The summed E-state index contributed by atoms with van der Waals surface area (Å²) in [6.45, 7) is 0.0814. The zero-order valence-corrected chi connectivity index (χ0v) is 18.5. The molecule has 0 aliphatic carbocycles. The van der Waals surface area contributed by atoms with Gasteiger partial charge in [0.05, 0.1) is 22.6 Å². The Balaban J connectivity index is 1.79. The average molecular weight is 471 g/mol. The van der Waals surface area contributed by atoms with Crippen LogP contribution in [0.25, 0.3) is 16.9 Å². The first-order valence-corrected chi connectivity index (χ1v) is 11.3. The van der Waals surface area contributed by atoms with E-state index in [0.29, 0.717) is 16.4 Å². The Morgan fingerprint density at radius 3 is 2.44 bits per heavy atom. The summed E-state index contributed by atoms with van der Waals surface area (Å²) in [4.78, 5) is 3.58. The number of aromatic hydroxyl groups is 2. The molecule has 0 spiro atoms. The molecule has 0 saturated heterocycles. The Labute approximate surface area is 190 Å². The second-order valence-electron chi connectivity index (χ2n) is 7.03. The second kappa shape index (κ2) is 8.62. The van der Waals surface area contributed by atoms with Crippen molar-refractivity contribution in [2.24, 2.45) is 0 Å². The molecule has 10 heteroatoms. The topological polar surface area (TPSA) is 109 Å². The smallest absolute Gasteiger partial charge is 0.246 e. The second-order valence-corrected chi connectivity index (χ2v) is 9.45. The lowest BCUT2D eigenvalue weighted by Gasteiger charge is -2.19. The van der Waals surface area contributed by atoms with E-state index in [0.717, 1.165) is 15.9 Å². The number of aromatic nitrogens is 3. The van der Waals surface area contributed by atoms with Crippen molar-refractivity contribution in [2.45, 2.75) is 11.4 Å². The Kier molecular flexibility index (Phi) is 5.88. The van der Waals surface area contributed by atoms with Crippen molar-refractivity contribution in [3.8, 4) is 28.4 Å². The minimum Gasteiger partial charge on any atom is -0.507 e. The minimum atomic E-state index is -4.09. The van der Waals surface area contributed by atoms with Crippen LogP contribution in [0.5, 0.6) is 11.5 Å². The first-order chi connectivity index (χ1) is 15.3. The van der Waals surface area contributed by atoms with Crippen LogP contribution in [-0.2, 0) is 16.6 Å². The molecule has 2 aromatic heterocycles. The van der Waals surface area contributed by atoms with E-state index in [9.17, 15) is 18.6 Å². The predicted molar refractivity (Wildman–Crippen MR) is 120 cm³/mol. The number of hydrogen-bond acceptors (Lipinski definition) is 6. The van der Waals surface area contributed by atoms with Gasteiger partial charge in [-0.1, -0.05) is 23.7 Å². The summed E-state index contributed by atoms with van der Waals surface area (Å²) in [5.41, 5.74) is 1.88. The highest BCUT2D eigenvalue weighted by molar-refractivity contribution is 7.89. The van der Waals surface area contributed by atoms with E-state index in [2.05, 4.69) is 10.1 Å². The van der Waals surface area contributed by atoms with Crippen molar-refractivity contribution in [1.29, 1.82) is 0 Å². The molecule has 2 heterocycles. The van der Waals surface area contributed by atoms with Crippen molar-refractivity contribution in [2.75, 3.05) is 7.05 Å². The van der Waals surface area contributed by atoms with Gasteiger partial charge in [0.1, 0.15) is 16.4 Å². The van der Waals surface area contributed by atoms with E-state index in [1.165, 1.54) is 24.0 Å². The van der Waals surface area contributed by atoms with Crippen molar-refractivity contribution in [3.63, 3.8) is 0 Å². The molecule has 0 aliphatic rings. The highest BCUT2D eigenvalue weighted by Gasteiger charge is 2.27. The van der Waals surface area contributed by atoms with E-state index >= 15 is 0 Å². The molecular formula is C22H19ClN4O4S. The fourth-order valence-electron chi connectivity index (χ4n) is 3.29. The van der Waals surface area contributed by atoms with Gasteiger partial charge in [-0.2, -0.15) is 9.40 Å². The van der Waals surface area contributed by atoms with Crippen molar-refractivity contribution in [1.82, 2.24) is 19.1 Å². The Bertz CT molecular complexity index is 1370. The summed E-state index contributed by atoms with van der Waals surface area (Å²) in [5, 5.41) is 25.6. The SMILES string of the molecule is CN(Cc1ccncc1)S(=O)(=O)c1cc(-c2ccnn2-c2ccccc2Cl)c(O)cc1O. The van der Waals surface area contributed by atoms with Crippen LogP contribution in [0.1, 0.15) is 5.56 Å². The quantitative estimate of drug-likeness (QED) is 0.443. The predicted octanol–water partition coefficient (Wildman–Crippen LogP) is 3.82. The maximum absolute atomic E-state index is 13.2. The van der Waals surface area contributed by atoms with Crippen LogP contribution in [0.15, 0.2) is 78.1 Å². The van der Waals surface area contributed by atoms with Crippen molar-refractivity contribution >= 4 is 21.6 Å². The lowest BCUT2D eigenvalue weighted by atomic mass is 10.1. The van der Waals surface area contributed by atoms with Gasteiger partial charge in [0.15, 0.2) is 0 Å². The summed E-state index contributed by atoms with van der Waals surface area (Å²) in [6.07, 6.45) is 4.65. The third-order valence-corrected chi connectivity index (χ3v) is 7.07. The number of benzene rings is 2. The van der Waals surface area contributed by atoms with Gasteiger partial charge in [-0.15, -0.1) is 0 Å². The number of pyridine rings is 1. The molecule has 0 radical (unpaired) electrons. The first-order valence-electron chi connectivity index (χ1n) is 9.49. The van der Waals surface area contributed by atoms with Gasteiger partial charge in [0.2, 0.25) is 10.0 Å². The zero-order chi connectivity index (χ0) is 22.9. The lowest BCUT2D eigenvalue weighted by molar-refractivity contribution is 0.430. The van der Waals surface area contributed by atoms with Crippen LogP contribution >= 0.6 is 11.6 Å². The molecular weight excluding hydrogens is 452 g/mol. The summed E-state index contributed by atoms with van der Waals surface area (Å²) in [6, 6.07) is 14.3. The number of phenols is 2. The molecule has 0 aliphatic heterocycles. The standard InChI is InChI=1S/C22H19ClN4O4S/c1-26(14-15-6-9-24-10-7-15)32(30,31)22-12-16(20(28)13-21(22)29)18-8-11-25-27(18)19-5-3-2-4-17(19)23/h2-13,28-29H,14H2,1H3. The normalized spacial score (nSPS) is 11.7. The van der Waals surface area contributed by atoms with Crippen LogP contribution in [0.3, 0.4) is 0 Å². The highest BCUT2D eigenvalue weighted by Crippen LogP contribution is 2.39. The largest absolute Gasteiger partial charge is 0.507 e. The molecule has 32 heavy (non-hydrogen) atoms. The van der Waals surface area contributed by atoms with Crippen LogP contribution in [0.2, 0.25) is 5.02 Å². The van der Waals surface area contributed by atoms with Gasteiger partial charge < -0.3 is 10.2 Å². The van der Waals surface area contributed by atoms with Gasteiger partial charge >= 0.3 is 0 Å². The van der Waals surface area contributed by atoms with E-state index in [-0.39, 0.29) is 22.8 Å². The summed E-state index contributed by atoms with van der Waals surface area (Å²) in [7, 11) is -2.68. The maximum Gasteiger partial charge on any atom is 0.246 e. The lowest BCUT2D eigenvalue weighted by Crippen LogP contribution is -2.26. The molecule has 2 N–H and O–H groups in total. The number of halogens is 1. The van der Waals surface area contributed by atoms with Gasteiger partial charge in [-0.05, 0) is 42.0 Å². The van der Waals surface area contributed by atoms with Crippen LogP contribution in [-0.4, -0.2) is 44.7 Å². The third kappa shape index (κ3) is 4.05. The summed E-state index contributed by atoms with van der Waals surface area (Å²) in [5.74, 6) is -0.858. The monoisotopic (exact) mass is 470 g/mol. The summed E-state index contributed by atoms with van der Waals surface area (Å²) < 4.78 is 29.1. The zero-order valence-electron chi connectivity index (χ0n) is 16.9. The van der Waals surface area contributed by atoms with Crippen LogP contribution < -0.4 is 0 Å². The molecule has 0 unspecified atom stereocenters. The molecule has 0 amide bonds. The number of hydrogen-bond donors (Lipinski definition) is 2.